The van der Waals surface area contributed by atoms with Crippen molar-refractivity contribution in [1.82, 2.24) is 14.7 Å². The molecular formula is C16H12N4O3. The molecule has 7 nitrogen and oxygen atoms in total. The van der Waals surface area contributed by atoms with Gasteiger partial charge in [-0.1, -0.05) is 0 Å². The molecule has 2 aliphatic heterocycles. The number of aromatic nitrogens is 2. The summed E-state index contributed by atoms with van der Waals surface area (Å²) in [5.41, 5.74) is 1.88. The van der Waals surface area contributed by atoms with Crippen LogP contribution in [0.1, 0.15) is 34.8 Å². The van der Waals surface area contributed by atoms with Crippen LogP contribution in [0.3, 0.4) is 0 Å². The molecule has 0 radical (unpaired) electrons. The van der Waals surface area contributed by atoms with Crippen molar-refractivity contribution in [3.05, 3.63) is 53.8 Å². The molecule has 0 saturated heterocycles. The highest BCUT2D eigenvalue weighted by Gasteiger charge is 2.35. The first kappa shape index (κ1) is 13.5. The van der Waals surface area contributed by atoms with E-state index in [0.717, 1.165) is 12.8 Å². The highest BCUT2D eigenvalue weighted by molar-refractivity contribution is 6.20. The van der Waals surface area contributed by atoms with E-state index in [-0.39, 0.29) is 11.5 Å². The molecule has 0 atom stereocenters. The fraction of sp³-hybridized carbons (Fsp3) is 0.188. The third-order valence-corrected chi connectivity index (χ3v) is 3.97. The quantitative estimate of drug-likeness (QED) is 0.860. The average Bonchev–Trinajstić information content (AvgIpc) is 3.31. The minimum atomic E-state index is -0.985. The van der Waals surface area contributed by atoms with Crippen LogP contribution in [0.25, 0.3) is 5.70 Å². The van der Waals surface area contributed by atoms with Gasteiger partial charge in [-0.05, 0) is 31.1 Å². The van der Waals surface area contributed by atoms with E-state index >= 15 is 0 Å². The number of fused-ring (bicyclic) bond motifs is 1. The number of aromatic carboxylic acids is 1. The second-order valence-corrected chi connectivity index (χ2v) is 5.45. The zero-order chi connectivity index (χ0) is 16.0. The summed E-state index contributed by atoms with van der Waals surface area (Å²) in [6, 6.07) is 0. The standard InChI is InChI=1S/C16H12N4O3/c21-9-11-5-6-17-15-13(2-1-7-19(11)15)20-14(10-3-4-10)12(8-18-20)16(22)23/h1-2,5-8,10H,3-4H2,(H,22,23). The van der Waals surface area contributed by atoms with Gasteiger partial charge in [0.25, 0.3) is 0 Å². The number of hydrogen-bond acceptors (Lipinski definition) is 5. The number of allylic oxidation sites excluding steroid dienone is 3. The number of amidine groups is 1. The summed E-state index contributed by atoms with van der Waals surface area (Å²) in [4.78, 5) is 28.4. The van der Waals surface area contributed by atoms with Crippen LogP contribution in [0, 0.1) is 0 Å². The topological polar surface area (TPSA) is 87.8 Å². The molecule has 0 spiro atoms. The summed E-state index contributed by atoms with van der Waals surface area (Å²) in [5, 5.41) is 13.6. The summed E-state index contributed by atoms with van der Waals surface area (Å²) in [5.74, 6) is 1.61. The van der Waals surface area contributed by atoms with Crippen LogP contribution >= 0.6 is 0 Å². The normalized spacial score (nSPS) is 19.1. The first-order valence-corrected chi connectivity index (χ1v) is 7.20. The number of nitrogens with zero attached hydrogens (tertiary/aromatic N) is 4. The van der Waals surface area contributed by atoms with Crippen molar-refractivity contribution in [2.24, 2.45) is 4.99 Å². The molecule has 0 aromatic carbocycles. The minimum absolute atomic E-state index is 0.199. The Balaban J connectivity index is 1.85. The lowest BCUT2D eigenvalue weighted by atomic mass is 10.1. The summed E-state index contributed by atoms with van der Waals surface area (Å²) in [7, 11) is 0. The molecule has 4 rings (SSSR count). The Morgan fingerprint density at radius 1 is 1.39 bits per heavy atom. The lowest BCUT2D eigenvalue weighted by molar-refractivity contribution is 0.0695. The Morgan fingerprint density at radius 3 is 2.91 bits per heavy atom. The van der Waals surface area contributed by atoms with Gasteiger partial charge in [0.15, 0.2) is 11.8 Å². The van der Waals surface area contributed by atoms with Gasteiger partial charge in [0.1, 0.15) is 17.0 Å². The zero-order valence-electron chi connectivity index (χ0n) is 12.0. The van der Waals surface area contributed by atoms with Gasteiger partial charge in [0, 0.05) is 18.3 Å². The third kappa shape index (κ3) is 2.06. The molecule has 0 bridgehead atoms. The zero-order valence-corrected chi connectivity index (χ0v) is 12.0. The highest BCUT2D eigenvalue weighted by atomic mass is 16.4. The number of carbonyl (C=O) groups excluding carboxylic acids is 1. The van der Waals surface area contributed by atoms with E-state index in [1.807, 2.05) is 5.94 Å². The van der Waals surface area contributed by atoms with Gasteiger partial charge in [-0.2, -0.15) is 5.10 Å². The lowest BCUT2D eigenvalue weighted by Gasteiger charge is -2.27. The van der Waals surface area contributed by atoms with Crippen LogP contribution in [0.5, 0.6) is 0 Å². The number of carboxylic acids is 1. The molecule has 1 N–H and O–H groups in total. The van der Waals surface area contributed by atoms with Crippen molar-refractivity contribution in [3.63, 3.8) is 0 Å². The molecule has 23 heavy (non-hydrogen) atoms. The summed E-state index contributed by atoms with van der Waals surface area (Å²) < 4.78 is 1.62. The lowest BCUT2D eigenvalue weighted by Crippen LogP contribution is -2.32. The second-order valence-electron chi connectivity index (χ2n) is 5.45. The first-order valence-electron chi connectivity index (χ1n) is 7.20. The van der Waals surface area contributed by atoms with Gasteiger partial charge in [-0.15, -0.1) is 0 Å². The number of carbonyl (C=O) groups is 1. The predicted molar refractivity (Wildman–Crippen MR) is 82.2 cm³/mol. The predicted octanol–water partition coefficient (Wildman–Crippen LogP) is 1.77. The van der Waals surface area contributed by atoms with E-state index in [1.165, 1.54) is 12.4 Å². The molecule has 1 fully saturated rings. The maximum absolute atomic E-state index is 11.4. The van der Waals surface area contributed by atoms with Crippen LogP contribution in [-0.2, 0) is 4.79 Å². The van der Waals surface area contributed by atoms with E-state index in [9.17, 15) is 14.7 Å². The maximum atomic E-state index is 11.4. The molecule has 1 aliphatic carbocycles. The number of aliphatic imine (C=N–C) groups is 1. The van der Waals surface area contributed by atoms with Gasteiger partial charge in [0.05, 0.1) is 11.9 Å². The molecule has 3 heterocycles. The fourth-order valence-corrected chi connectivity index (χ4v) is 2.78. The molecule has 114 valence electrons. The van der Waals surface area contributed by atoms with Crippen LogP contribution in [-0.4, -0.2) is 37.5 Å². The van der Waals surface area contributed by atoms with E-state index in [0.29, 0.717) is 22.9 Å². The van der Waals surface area contributed by atoms with Crippen molar-refractivity contribution in [2.75, 3.05) is 0 Å². The Kier molecular flexibility index (Phi) is 2.89. The summed E-state index contributed by atoms with van der Waals surface area (Å²) >= 11 is 0. The Hall–Kier alpha value is -3.18. The smallest absolute Gasteiger partial charge is 0.339 e. The molecule has 0 unspecified atom stereocenters. The van der Waals surface area contributed by atoms with Gasteiger partial charge in [-0.3, -0.25) is 4.90 Å². The van der Waals surface area contributed by atoms with Crippen molar-refractivity contribution < 1.29 is 14.7 Å². The molecular weight excluding hydrogens is 296 g/mol. The van der Waals surface area contributed by atoms with Crippen LogP contribution in [0.4, 0.5) is 0 Å². The minimum Gasteiger partial charge on any atom is -0.478 e. The maximum Gasteiger partial charge on any atom is 0.339 e. The average molecular weight is 308 g/mol. The third-order valence-electron chi connectivity index (χ3n) is 3.97. The summed E-state index contributed by atoms with van der Waals surface area (Å²) in [6.45, 7) is 0. The molecule has 0 amide bonds. The van der Waals surface area contributed by atoms with Gasteiger partial charge >= 0.3 is 5.97 Å². The molecule has 1 aromatic rings. The molecule has 1 aromatic heterocycles. The van der Waals surface area contributed by atoms with Crippen molar-refractivity contribution in [1.29, 1.82) is 0 Å². The largest absolute Gasteiger partial charge is 0.478 e. The van der Waals surface area contributed by atoms with E-state index < -0.39 is 5.97 Å². The molecule has 1 saturated carbocycles. The van der Waals surface area contributed by atoms with Crippen LogP contribution in [0.2, 0.25) is 0 Å². The van der Waals surface area contributed by atoms with E-state index in [2.05, 4.69) is 10.1 Å². The SMILES string of the molecule is O=C=C1C=CN=C2C(n3ncc(C(=O)O)c3C3CC3)=CC=CN12. The molecule has 3 aliphatic rings. The van der Waals surface area contributed by atoms with E-state index in [1.54, 1.807) is 34.0 Å². The second kappa shape index (κ2) is 4.93. The van der Waals surface area contributed by atoms with Gasteiger partial charge < -0.3 is 5.11 Å². The van der Waals surface area contributed by atoms with Gasteiger partial charge in [0.2, 0.25) is 0 Å². The van der Waals surface area contributed by atoms with Crippen molar-refractivity contribution in [2.45, 2.75) is 18.8 Å². The summed E-state index contributed by atoms with van der Waals surface area (Å²) in [6.07, 6.45) is 11.6. The highest BCUT2D eigenvalue weighted by Crippen LogP contribution is 2.43. The Labute approximate surface area is 131 Å². The van der Waals surface area contributed by atoms with Gasteiger partial charge in [-0.25, -0.2) is 19.3 Å². The first-order chi connectivity index (χ1) is 11.2. The van der Waals surface area contributed by atoms with Crippen LogP contribution < -0.4 is 0 Å². The van der Waals surface area contributed by atoms with E-state index in [4.69, 9.17) is 0 Å². The Bertz CT molecular complexity index is 877. The van der Waals surface area contributed by atoms with Crippen molar-refractivity contribution >= 4 is 23.4 Å². The monoisotopic (exact) mass is 308 g/mol. The van der Waals surface area contributed by atoms with Crippen LogP contribution in [0.15, 0.2) is 47.5 Å². The number of hydrogen-bond donors (Lipinski definition) is 1. The molecule has 7 heteroatoms. The number of rotatable bonds is 3. The Morgan fingerprint density at radius 2 is 2.22 bits per heavy atom. The number of carboxylic acid groups (broad SMARTS) is 1. The van der Waals surface area contributed by atoms with Crippen molar-refractivity contribution in [3.8, 4) is 0 Å². The fourth-order valence-electron chi connectivity index (χ4n) is 2.78.